The fraction of sp³-hybridized carbons (Fsp3) is 0.667. The molecule has 19 heavy (non-hydrogen) atoms. The van der Waals surface area contributed by atoms with E-state index < -0.39 is 0 Å². The zero-order valence-electron chi connectivity index (χ0n) is 12.4. The standard InChI is InChI=1S/C15H25N3O/c1-12-11-19-8-7-18(12)14-10-16-6-5-13(14)9-17-15(2,3)4/h5-6,10,12,17H,7-9,11H2,1-4H3. The van der Waals surface area contributed by atoms with Gasteiger partial charge in [0.1, 0.15) is 0 Å². The highest BCUT2D eigenvalue weighted by atomic mass is 16.5. The SMILES string of the molecule is CC1COCCN1c1cnccc1CNC(C)(C)C. The molecule has 2 rings (SSSR count). The average molecular weight is 263 g/mol. The van der Waals surface area contributed by atoms with Crippen LogP contribution in [-0.2, 0) is 11.3 Å². The highest BCUT2D eigenvalue weighted by Gasteiger charge is 2.21. The summed E-state index contributed by atoms with van der Waals surface area (Å²) in [6, 6.07) is 2.52. The van der Waals surface area contributed by atoms with Crippen molar-refractivity contribution in [2.24, 2.45) is 0 Å². The highest BCUT2D eigenvalue weighted by molar-refractivity contribution is 5.52. The first-order chi connectivity index (χ1) is 8.97. The van der Waals surface area contributed by atoms with E-state index in [2.05, 4.69) is 49.0 Å². The molecule has 0 spiro atoms. The summed E-state index contributed by atoms with van der Waals surface area (Å²) >= 11 is 0. The Bertz CT molecular complexity index is 414. The van der Waals surface area contributed by atoms with Gasteiger partial charge in [0.2, 0.25) is 0 Å². The number of nitrogens with one attached hydrogen (secondary N) is 1. The van der Waals surface area contributed by atoms with Crippen molar-refractivity contribution in [3.05, 3.63) is 24.0 Å². The predicted octanol–water partition coefficient (Wildman–Crippen LogP) is 2.19. The van der Waals surface area contributed by atoms with Gasteiger partial charge < -0.3 is 15.0 Å². The van der Waals surface area contributed by atoms with Crippen LogP contribution in [0.25, 0.3) is 0 Å². The molecule has 4 nitrogen and oxygen atoms in total. The van der Waals surface area contributed by atoms with E-state index in [9.17, 15) is 0 Å². The molecule has 1 aromatic heterocycles. The molecule has 1 unspecified atom stereocenters. The maximum Gasteiger partial charge on any atom is 0.0668 e. The Kier molecular flexibility index (Phi) is 4.42. The van der Waals surface area contributed by atoms with Crippen molar-refractivity contribution in [1.82, 2.24) is 10.3 Å². The van der Waals surface area contributed by atoms with E-state index in [0.29, 0.717) is 6.04 Å². The van der Waals surface area contributed by atoms with Gasteiger partial charge in [-0.15, -0.1) is 0 Å². The molecular weight excluding hydrogens is 238 g/mol. The monoisotopic (exact) mass is 263 g/mol. The number of hydrogen-bond acceptors (Lipinski definition) is 4. The normalized spacial score (nSPS) is 20.6. The van der Waals surface area contributed by atoms with Crippen LogP contribution in [0.5, 0.6) is 0 Å². The number of anilines is 1. The lowest BCUT2D eigenvalue weighted by Crippen LogP contribution is -2.44. The number of hydrogen-bond donors (Lipinski definition) is 1. The number of rotatable bonds is 3. The molecule has 0 aliphatic carbocycles. The first-order valence-corrected chi connectivity index (χ1v) is 7.00. The van der Waals surface area contributed by atoms with Crippen molar-refractivity contribution in [2.45, 2.75) is 45.8 Å². The first kappa shape index (κ1) is 14.3. The van der Waals surface area contributed by atoms with Gasteiger partial charge in [0.05, 0.1) is 25.1 Å². The maximum absolute atomic E-state index is 5.51. The largest absolute Gasteiger partial charge is 0.377 e. The van der Waals surface area contributed by atoms with Gasteiger partial charge in [-0.05, 0) is 39.3 Å². The average Bonchev–Trinajstić information content (AvgIpc) is 2.37. The van der Waals surface area contributed by atoms with Gasteiger partial charge in [0.15, 0.2) is 0 Å². The van der Waals surface area contributed by atoms with Crippen LogP contribution in [0.4, 0.5) is 5.69 Å². The molecule has 4 heteroatoms. The van der Waals surface area contributed by atoms with Crippen molar-refractivity contribution in [3.8, 4) is 0 Å². The van der Waals surface area contributed by atoms with E-state index in [1.807, 2.05) is 12.4 Å². The zero-order valence-corrected chi connectivity index (χ0v) is 12.4. The van der Waals surface area contributed by atoms with Crippen LogP contribution in [0.15, 0.2) is 18.5 Å². The van der Waals surface area contributed by atoms with Crippen molar-refractivity contribution >= 4 is 5.69 Å². The van der Waals surface area contributed by atoms with E-state index in [1.165, 1.54) is 11.3 Å². The van der Waals surface area contributed by atoms with E-state index in [1.54, 1.807) is 0 Å². The van der Waals surface area contributed by atoms with Gasteiger partial charge in [-0.25, -0.2) is 0 Å². The van der Waals surface area contributed by atoms with Gasteiger partial charge in [-0.2, -0.15) is 0 Å². The van der Waals surface area contributed by atoms with Crippen LogP contribution in [-0.4, -0.2) is 36.3 Å². The molecule has 1 N–H and O–H groups in total. The van der Waals surface area contributed by atoms with Crippen molar-refractivity contribution in [3.63, 3.8) is 0 Å². The Balaban J connectivity index is 2.15. The first-order valence-electron chi connectivity index (χ1n) is 7.00. The molecule has 0 saturated carbocycles. The maximum atomic E-state index is 5.51. The molecule has 1 saturated heterocycles. The van der Waals surface area contributed by atoms with Crippen molar-refractivity contribution in [2.75, 3.05) is 24.7 Å². The molecule has 1 aromatic rings. The van der Waals surface area contributed by atoms with Crippen molar-refractivity contribution < 1.29 is 4.74 Å². The smallest absolute Gasteiger partial charge is 0.0668 e. The fourth-order valence-electron chi connectivity index (χ4n) is 2.27. The Morgan fingerprint density at radius 3 is 2.95 bits per heavy atom. The van der Waals surface area contributed by atoms with Crippen LogP contribution >= 0.6 is 0 Å². The summed E-state index contributed by atoms with van der Waals surface area (Å²) in [6.45, 7) is 12.2. The Morgan fingerprint density at radius 1 is 1.47 bits per heavy atom. The van der Waals surface area contributed by atoms with Crippen LogP contribution in [0, 0.1) is 0 Å². The summed E-state index contributed by atoms with van der Waals surface area (Å²) in [5, 5.41) is 3.55. The van der Waals surface area contributed by atoms with Crippen LogP contribution in [0.3, 0.4) is 0 Å². The third kappa shape index (κ3) is 3.91. The Labute approximate surface area is 116 Å². The minimum atomic E-state index is 0.122. The number of aromatic nitrogens is 1. The summed E-state index contributed by atoms with van der Waals surface area (Å²) in [6.07, 6.45) is 3.84. The van der Waals surface area contributed by atoms with Crippen molar-refractivity contribution in [1.29, 1.82) is 0 Å². The lowest BCUT2D eigenvalue weighted by Gasteiger charge is -2.36. The molecule has 2 heterocycles. The summed E-state index contributed by atoms with van der Waals surface area (Å²) in [5.41, 5.74) is 2.66. The third-order valence-electron chi connectivity index (χ3n) is 3.37. The molecular formula is C15H25N3O. The molecule has 0 amide bonds. The second-order valence-electron chi connectivity index (χ2n) is 6.23. The molecule has 106 valence electrons. The molecule has 0 radical (unpaired) electrons. The van der Waals surface area contributed by atoms with Crippen LogP contribution in [0.1, 0.15) is 33.3 Å². The van der Waals surface area contributed by atoms with E-state index >= 15 is 0 Å². The second kappa shape index (κ2) is 5.88. The number of ether oxygens (including phenoxy) is 1. The minimum Gasteiger partial charge on any atom is -0.377 e. The predicted molar refractivity (Wildman–Crippen MR) is 78.5 cm³/mol. The fourth-order valence-corrected chi connectivity index (χ4v) is 2.27. The van der Waals surface area contributed by atoms with Crippen LogP contribution in [0.2, 0.25) is 0 Å². The van der Waals surface area contributed by atoms with Crippen LogP contribution < -0.4 is 10.2 Å². The highest BCUT2D eigenvalue weighted by Crippen LogP contribution is 2.23. The summed E-state index contributed by atoms with van der Waals surface area (Å²) in [4.78, 5) is 6.69. The molecule has 1 fully saturated rings. The van der Waals surface area contributed by atoms with Gasteiger partial charge in [0.25, 0.3) is 0 Å². The zero-order chi connectivity index (χ0) is 13.9. The molecule has 1 aliphatic rings. The quantitative estimate of drug-likeness (QED) is 0.907. The van der Waals surface area contributed by atoms with E-state index in [0.717, 1.165) is 26.3 Å². The molecule has 0 aromatic carbocycles. The lowest BCUT2D eigenvalue weighted by molar-refractivity contribution is 0.0988. The minimum absolute atomic E-state index is 0.122. The topological polar surface area (TPSA) is 37.4 Å². The lowest BCUT2D eigenvalue weighted by atomic mass is 10.1. The molecule has 1 atom stereocenters. The Hall–Kier alpha value is -1.13. The van der Waals surface area contributed by atoms with Gasteiger partial charge in [-0.1, -0.05) is 0 Å². The summed E-state index contributed by atoms with van der Waals surface area (Å²) in [5.74, 6) is 0. The van der Waals surface area contributed by atoms with Gasteiger partial charge >= 0.3 is 0 Å². The van der Waals surface area contributed by atoms with Gasteiger partial charge in [0, 0.05) is 30.9 Å². The Morgan fingerprint density at radius 2 is 2.26 bits per heavy atom. The number of morpholine rings is 1. The number of pyridine rings is 1. The summed E-state index contributed by atoms with van der Waals surface area (Å²) in [7, 11) is 0. The number of nitrogens with zero attached hydrogens (tertiary/aromatic N) is 2. The summed E-state index contributed by atoms with van der Waals surface area (Å²) < 4.78 is 5.51. The molecule has 0 bridgehead atoms. The molecule has 1 aliphatic heterocycles. The van der Waals surface area contributed by atoms with E-state index in [-0.39, 0.29) is 5.54 Å². The second-order valence-corrected chi connectivity index (χ2v) is 6.23. The van der Waals surface area contributed by atoms with E-state index in [4.69, 9.17) is 4.74 Å². The third-order valence-corrected chi connectivity index (χ3v) is 3.37. The van der Waals surface area contributed by atoms with Gasteiger partial charge in [-0.3, -0.25) is 4.98 Å².